The average Bonchev–Trinajstić information content (AvgIpc) is 1.22. The minimum absolute atomic E-state index is 0.858. The second kappa shape index (κ2) is 26.2. The molecule has 32 aliphatic carbocycles. The molecule has 0 amide bonds. The van der Waals surface area contributed by atoms with Crippen molar-refractivity contribution in [3.05, 3.63) is 0 Å². The van der Waals surface area contributed by atoms with Gasteiger partial charge in [-0.25, -0.2) is 0 Å². The van der Waals surface area contributed by atoms with Gasteiger partial charge in [0.1, 0.15) is 0 Å². The molecule has 95 heavy (non-hydrogen) atoms. The summed E-state index contributed by atoms with van der Waals surface area (Å²) in [4.78, 5) is 0. The minimum atomic E-state index is 0.858. The van der Waals surface area contributed by atoms with Gasteiger partial charge in [0.05, 0.1) is 0 Å². The molecule has 0 heteroatoms. The average molecular weight is 1290 g/mol. The highest BCUT2D eigenvalue weighted by molar-refractivity contribution is 5.44. The van der Waals surface area contributed by atoms with Gasteiger partial charge >= 0.3 is 0 Å². The lowest BCUT2D eigenvalue weighted by Gasteiger charge is -3.03. The van der Waals surface area contributed by atoms with Crippen LogP contribution in [0.1, 0.15) is 360 Å². The number of fused-ring (bicyclic) bond motifs is 20. The second-order valence-electron chi connectivity index (χ2n) is 44.3. The van der Waals surface area contributed by atoms with Gasteiger partial charge in [-0.05, 0) is 423 Å². The first-order valence-corrected chi connectivity index (χ1v) is 47.0. The van der Waals surface area contributed by atoms with Crippen LogP contribution in [0.2, 0.25) is 0 Å². The summed E-state index contributed by atoms with van der Waals surface area (Å²) in [6, 6.07) is 0. The van der Waals surface area contributed by atoms with Gasteiger partial charge in [-0.1, -0.05) is 167 Å². The fourth-order valence-corrected chi connectivity index (χ4v) is 37.6. The first-order valence-electron chi connectivity index (χ1n) is 47.0. The Kier molecular flexibility index (Phi) is 17.5. The van der Waals surface area contributed by atoms with E-state index in [0.717, 1.165) is 35.0 Å². The molecule has 14 bridgehead atoms. The van der Waals surface area contributed by atoms with Crippen LogP contribution in [-0.4, -0.2) is 0 Å². The molecule has 32 rings (SSSR count). The van der Waals surface area contributed by atoms with Crippen LogP contribution in [0, 0.1) is 230 Å². The molecule has 16 atom stereocenters. The molecule has 0 aromatic rings. The van der Waals surface area contributed by atoms with Gasteiger partial charge in [0.2, 0.25) is 0 Å². The maximum absolute atomic E-state index is 1.64. The molecule has 32 saturated carbocycles. The molecule has 32 fully saturated rings. The zero-order valence-electron chi connectivity index (χ0n) is 62.0. The van der Waals surface area contributed by atoms with Crippen molar-refractivity contribution in [2.24, 2.45) is 230 Å². The van der Waals surface area contributed by atoms with Crippen molar-refractivity contribution in [1.82, 2.24) is 0 Å². The van der Waals surface area contributed by atoms with E-state index in [0.29, 0.717) is 0 Å². The van der Waals surface area contributed by atoms with Crippen molar-refractivity contribution < 1.29 is 0 Å². The Hall–Kier alpha value is 0. The van der Waals surface area contributed by atoms with E-state index in [1.807, 2.05) is 0 Å². The zero-order valence-corrected chi connectivity index (χ0v) is 62.0. The third kappa shape index (κ3) is 11.3. The molecular weight excluding hydrogens is 1140 g/mol. The molecule has 0 aromatic carbocycles. The van der Waals surface area contributed by atoms with E-state index in [9.17, 15) is 0 Å². The summed E-state index contributed by atoms with van der Waals surface area (Å²) in [6.07, 6.45) is 88.4. The van der Waals surface area contributed by atoms with E-state index >= 15 is 0 Å². The minimum Gasteiger partial charge on any atom is -0.0533 e. The van der Waals surface area contributed by atoms with E-state index in [-0.39, 0.29) is 0 Å². The van der Waals surface area contributed by atoms with Crippen LogP contribution in [0.3, 0.4) is 0 Å². The standard InChI is InChI=1S/C14H24.C13H22.C12H18.C11H18.C11H20.C10H16.C9H14.C8H8.C7H10/c1-3-7-13-11(5-1)9-10-12-6-2-4-8-14(12)13;1-4-10-6-2-8-12-9-3-7-11(5-1)13(10)12;1-2-8-5-7(1)11-9-3-4-10(6-9)12(8)11;1-3-8-4-2-6-10(8)11-7-9(11)5-1;1-3-7-11(8-4-1)9-5-2-6-10-11;1-7-2-9-4-8(1)5-10(3-7)6-9;1-2-7-5-6(1)8-3-4-9(7)8;1-2-5-3(1)7-4(1)6(2)8(5)7;1-4-2-6-5(1)7(6)3-4/h11-14H,1-10H2;10-13H,1-9H2;7-12H,1-6H2;8-11H,1-7H2;1-10H2;7-10H,1-6H2;6-9H,1-5H2;1-8H;4-7H,1-3H2. The third-order valence-corrected chi connectivity index (χ3v) is 41.1. The highest BCUT2D eigenvalue weighted by atomic mass is 15.0. The van der Waals surface area contributed by atoms with Gasteiger partial charge < -0.3 is 0 Å². The van der Waals surface area contributed by atoms with Crippen LogP contribution in [-0.2, 0) is 0 Å². The van der Waals surface area contributed by atoms with Gasteiger partial charge in [-0.2, -0.15) is 0 Å². The van der Waals surface area contributed by atoms with Gasteiger partial charge in [0.25, 0.3) is 0 Å². The van der Waals surface area contributed by atoms with Crippen LogP contribution in [0.15, 0.2) is 0 Å². The maximum Gasteiger partial charge on any atom is -0.0297 e. The number of hydrogen-bond acceptors (Lipinski definition) is 0. The fraction of sp³-hybridized carbons (Fsp3) is 1.00. The molecule has 0 aromatic heterocycles. The lowest BCUT2D eigenvalue weighted by atomic mass is 9.01. The Morgan fingerprint density at radius 2 is 0.389 bits per heavy atom. The zero-order chi connectivity index (χ0) is 62.0. The van der Waals surface area contributed by atoms with E-state index in [1.54, 1.807) is 321 Å². The summed E-state index contributed by atoms with van der Waals surface area (Å²) in [7, 11) is 0. The molecule has 32 aliphatic rings. The normalized spacial score (nSPS) is 58.4. The molecule has 0 heterocycles. The topological polar surface area (TPSA) is 0 Å². The number of hydrogen-bond donors (Lipinski definition) is 0. The smallest absolute Gasteiger partial charge is 0.0297 e. The largest absolute Gasteiger partial charge is 0.0533 e. The fourth-order valence-electron chi connectivity index (χ4n) is 37.6. The lowest BCUT2D eigenvalue weighted by molar-refractivity contribution is -0.565. The Labute approximate surface area is 586 Å². The van der Waals surface area contributed by atoms with Crippen LogP contribution in [0.5, 0.6) is 0 Å². The summed E-state index contributed by atoms with van der Waals surface area (Å²) in [5.41, 5.74) is 0.858. The van der Waals surface area contributed by atoms with E-state index < -0.39 is 0 Å². The van der Waals surface area contributed by atoms with Crippen molar-refractivity contribution in [3.63, 3.8) is 0 Å². The molecule has 0 saturated heterocycles. The third-order valence-electron chi connectivity index (χ3n) is 41.1. The van der Waals surface area contributed by atoms with Crippen molar-refractivity contribution in [3.8, 4) is 0 Å². The molecule has 0 N–H and O–H groups in total. The maximum atomic E-state index is 1.64. The molecule has 0 aliphatic heterocycles. The Morgan fingerprint density at radius 1 is 0.126 bits per heavy atom. The van der Waals surface area contributed by atoms with E-state index in [1.165, 1.54) is 234 Å². The van der Waals surface area contributed by atoms with E-state index in [4.69, 9.17) is 0 Å². The molecule has 16 unspecified atom stereocenters. The first-order chi connectivity index (χ1) is 47.0. The monoisotopic (exact) mass is 1290 g/mol. The van der Waals surface area contributed by atoms with Crippen LogP contribution in [0.4, 0.5) is 0 Å². The lowest BCUT2D eigenvalue weighted by Crippen LogP contribution is -3.00. The Morgan fingerprint density at radius 3 is 0.758 bits per heavy atom. The summed E-state index contributed by atoms with van der Waals surface area (Å²) < 4.78 is 0. The summed E-state index contributed by atoms with van der Waals surface area (Å²) in [5.74, 6) is 46.6. The molecular formula is C95H150. The van der Waals surface area contributed by atoms with Crippen molar-refractivity contribution in [1.29, 1.82) is 0 Å². The molecule has 1 spiro atoms. The second-order valence-corrected chi connectivity index (χ2v) is 44.3. The van der Waals surface area contributed by atoms with Crippen molar-refractivity contribution >= 4 is 0 Å². The molecule has 0 radical (unpaired) electrons. The predicted molar refractivity (Wildman–Crippen MR) is 394 cm³/mol. The van der Waals surface area contributed by atoms with Crippen LogP contribution >= 0.6 is 0 Å². The highest BCUT2D eigenvalue weighted by Crippen LogP contribution is 3.01. The summed E-state index contributed by atoms with van der Waals surface area (Å²) in [6.45, 7) is 0. The molecule has 530 valence electrons. The summed E-state index contributed by atoms with van der Waals surface area (Å²) in [5, 5.41) is 0. The van der Waals surface area contributed by atoms with Crippen molar-refractivity contribution in [2.45, 2.75) is 360 Å². The highest BCUT2D eigenvalue weighted by Gasteiger charge is 2.97. The van der Waals surface area contributed by atoms with Gasteiger partial charge in [-0.15, -0.1) is 0 Å². The SMILES string of the molecule is C12C3C4C1C1C2C3C41.C1C2CC3C1C3C2.C1C2CC3CC1CC(C2)C3.C1CC2CC1C1C3CCC(C3)C21.C1CC2CC1C1CCC21.C1CC2CCCC2C2CC2C1.C1CC2CCCC3CCCC(C1)C23.C1CCC2(CC1)CCCCC2.C1CCC2C(C1)CCC1CCCCC12. The summed E-state index contributed by atoms with van der Waals surface area (Å²) >= 11 is 0. The first kappa shape index (κ1) is 63.5. The van der Waals surface area contributed by atoms with Crippen LogP contribution in [0.25, 0.3) is 0 Å². The van der Waals surface area contributed by atoms with E-state index in [2.05, 4.69) is 0 Å². The Bertz CT molecular complexity index is 2260. The molecule has 0 nitrogen and oxygen atoms in total. The van der Waals surface area contributed by atoms with Gasteiger partial charge in [-0.3, -0.25) is 0 Å². The van der Waals surface area contributed by atoms with Crippen LogP contribution < -0.4 is 0 Å². The Balaban J connectivity index is 0.0000000715. The predicted octanol–water partition coefficient (Wildman–Crippen LogP) is 26.5. The van der Waals surface area contributed by atoms with Gasteiger partial charge in [0, 0.05) is 0 Å². The van der Waals surface area contributed by atoms with Gasteiger partial charge in [0.15, 0.2) is 0 Å². The van der Waals surface area contributed by atoms with Crippen molar-refractivity contribution in [2.75, 3.05) is 0 Å². The quantitative estimate of drug-likeness (QED) is 0.212. The number of rotatable bonds is 0.